The van der Waals surface area contributed by atoms with E-state index in [9.17, 15) is 9.90 Å². The molecule has 8 nitrogen and oxygen atoms in total. The first-order valence-electron chi connectivity index (χ1n) is 11.7. The SMILES string of the molecule is C[C@@H]1CN([C@H](C)CO)C(=O)c2cccc(N(C)C)c2O[C@H]1CN(C)Cc1ccc2c(c1)OCO2. The molecule has 0 saturated heterocycles. The third-order valence-corrected chi connectivity index (χ3v) is 6.53. The van der Waals surface area contributed by atoms with E-state index in [-0.39, 0.29) is 37.4 Å². The van der Waals surface area contributed by atoms with Gasteiger partial charge in [0.05, 0.1) is 23.9 Å². The molecule has 2 aromatic rings. The highest BCUT2D eigenvalue weighted by Gasteiger charge is 2.34. The van der Waals surface area contributed by atoms with Crippen LogP contribution < -0.4 is 19.1 Å². The molecule has 2 heterocycles. The summed E-state index contributed by atoms with van der Waals surface area (Å²) < 4.78 is 17.6. The first-order valence-corrected chi connectivity index (χ1v) is 11.7. The third kappa shape index (κ3) is 4.93. The number of rotatable bonds is 7. The zero-order valence-corrected chi connectivity index (χ0v) is 20.7. The highest BCUT2D eigenvalue weighted by Crippen LogP contribution is 2.36. The zero-order valence-electron chi connectivity index (χ0n) is 20.7. The number of amides is 1. The Labute approximate surface area is 201 Å². The van der Waals surface area contributed by atoms with Crippen molar-refractivity contribution < 1.29 is 24.1 Å². The maximum absolute atomic E-state index is 13.5. The van der Waals surface area contributed by atoms with Crippen LogP contribution in [-0.2, 0) is 6.54 Å². The Morgan fingerprint density at radius 1 is 1.15 bits per heavy atom. The van der Waals surface area contributed by atoms with Crippen LogP contribution in [0.2, 0.25) is 0 Å². The van der Waals surface area contributed by atoms with Crippen LogP contribution in [-0.4, -0.2) is 80.6 Å². The Hall–Kier alpha value is -2.97. The second-order valence-electron chi connectivity index (χ2n) is 9.56. The number of carbonyl (C=O) groups is 1. The van der Waals surface area contributed by atoms with Crippen LogP contribution in [0.15, 0.2) is 36.4 Å². The van der Waals surface area contributed by atoms with Gasteiger partial charge in [0, 0.05) is 39.6 Å². The molecule has 1 amide bonds. The Kier molecular flexibility index (Phi) is 7.19. The lowest BCUT2D eigenvalue weighted by Crippen LogP contribution is -2.49. The molecule has 8 heteroatoms. The summed E-state index contributed by atoms with van der Waals surface area (Å²) in [5, 5.41) is 9.83. The van der Waals surface area contributed by atoms with Crippen LogP contribution in [0, 0.1) is 5.92 Å². The Morgan fingerprint density at radius 2 is 1.91 bits per heavy atom. The number of ether oxygens (including phenoxy) is 3. The highest BCUT2D eigenvalue weighted by atomic mass is 16.7. The van der Waals surface area contributed by atoms with Crippen molar-refractivity contribution >= 4 is 11.6 Å². The maximum atomic E-state index is 13.5. The highest BCUT2D eigenvalue weighted by molar-refractivity contribution is 5.99. The molecule has 3 atom stereocenters. The van der Waals surface area contributed by atoms with Crippen molar-refractivity contribution in [3.8, 4) is 17.2 Å². The Morgan fingerprint density at radius 3 is 2.65 bits per heavy atom. The van der Waals surface area contributed by atoms with Gasteiger partial charge in [-0.3, -0.25) is 9.69 Å². The largest absolute Gasteiger partial charge is 0.486 e. The third-order valence-electron chi connectivity index (χ3n) is 6.53. The summed E-state index contributed by atoms with van der Waals surface area (Å²) in [5.74, 6) is 2.09. The second-order valence-corrected chi connectivity index (χ2v) is 9.56. The summed E-state index contributed by atoms with van der Waals surface area (Å²) in [6, 6.07) is 11.4. The standard InChI is InChI=1S/C26H35N3O5/c1-17-12-29(18(2)15-30)26(31)20-7-6-8-21(27(3)4)25(20)34-24(17)14-28(5)13-19-9-10-22-23(11-19)33-16-32-22/h6-11,17-18,24,30H,12-16H2,1-5H3/t17-,18-,24+/m1/s1. The summed E-state index contributed by atoms with van der Waals surface area (Å²) in [5.41, 5.74) is 2.52. The zero-order chi connectivity index (χ0) is 24.4. The molecule has 0 spiro atoms. The number of hydrogen-bond donors (Lipinski definition) is 1. The van der Waals surface area contributed by atoms with Crippen molar-refractivity contribution in [3.05, 3.63) is 47.5 Å². The molecule has 0 fully saturated rings. The van der Waals surface area contributed by atoms with Gasteiger partial charge in [0.1, 0.15) is 6.10 Å². The summed E-state index contributed by atoms with van der Waals surface area (Å²) >= 11 is 0. The maximum Gasteiger partial charge on any atom is 0.258 e. The number of benzene rings is 2. The molecule has 0 saturated carbocycles. The molecule has 34 heavy (non-hydrogen) atoms. The molecule has 2 aromatic carbocycles. The monoisotopic (exact) mass is 469 g/mol. The van der Waals surface area contributed by atoms with Gasteiger partial charge in [-0.05, 0) is 43.8 Å². The fraction of sp³-hybridized carbons (Fsp3) is 0.500. The molecule has 184 valence electrons. The minimum Gasteiger partial charge on any atom is -0.486 e. The number of aliphatic hydroxyl groups excluding tert-OH is 1. The van der Waals surface area contributed by atoms with E-state index < -0.39 is 0 Å². The van der Waals surface area contributed by atoms with Gasteiger partial charge < -0.3 is 29.1 Å². The first-order chi connectivity index (χ1) is 16.3. The lowest BCUT2D eigenvalue weighted by molar-refractivity contribution is 0.0343. The van der Waals surface area contributed by atoms with Gasteiger partial charge in [0.15, 0.2) is 17.2 Å². The normalized spacial score (nSPS) is 20.4. The van der Waals surface area contributed by atoms with Crippen LogP contribution in [0.4, 0.5) is 5.69 Å². The Bertz CT molecular complexity index is 1030. The smallest absolute Gasteiger partial charge is 0.258 e. The van der Waals surface area contributed by atoms with Crippen LogP contribution >= 0.6 is 0 Å². The van der Waals surface area contributed by atoms with Crippen molar-refractivity contribution in [1.29, 1.82) is 0 Å². The summed E-state index contributed by atoms with van der Waals surface area (Å²) in [4.78, 5) is 19.4. The number of likely N-dealkylation sites (N-methyl/N-ethyl adjacent to an activating group) is 1. The number of aliphatic hydroxyl groups is 1. The van der Waals surface area contributed by atoms with Crippen molar-refractivity contribution in [2.45, 2.75) is 32.5 Å². The first kappa shape index (κ1) is 24.2. The molecule has 1 N–H and O–H groups in total. The van der Waals surface area contributed by atoms with Gasteiger partial charge >= 0.3 is 0 Å². The predicted molar refractivity (Wildman–Crippen MR) is 131 cm³/mol. The number of para-hydroxylation sites is 1. The van der Waals surface area contributed by atoms with Crippen molar-refractivity contribution in [2.24, 2.45) is 5.92 Å². The fourth-order valence-electron chi connectivity index (χ4n) is 4.52. The number of anilines is 1. The van der Waals surface area contributed by atoms with Crippen LogP contribution in [0.5, 0.6) is 17.2 Å². The molecular formula is C26H35N3O5. The fourth-order valence-corrected chi connectivity index (χ4v) is 4.52. The molecule has 0 aromatic heterocycles. The van der Waals surface area contributed by atoms with Gasteiger partial charge in [0.25, 0.3) is 5.91 Å². The van der Waals surface area contributed by atoms with E-state index in [0.29, 0.717) is 24.4 Å². The quantitative estimate of drug-likeness (QED) is 0.668. The summed E-state index contributed by atoms with van der Waals surface area (Å²) in [6.07, 6.45) is -0.152. The van der Waals surface area contributed by atoms with Gasteiger partial charge in [0.2, 0.25) is 6.79 Å². The topological polar surface area (TPSA) is 74.7 Å². The average Bonchev–Trinajstić information content (AvgIpc) is 3.28. The number of nitrogens with zero attached hydrogens (tertiary/aromatic N) is 3. The molecule has 0 bridgehead atoms. The van der Waals surface area contributed by atoms with Crippen molar-refractivity contribution in [3.63, 3.8) is 0 Å². The number of carbonyl (C=O) groups excluding carboxylic acids is 1. The van der Waals surface area contributed by atoms with E-state index in [1.165, 1.54) is 0 Å². The van der Waals surface area contributed by atoms with E-state index in [1.54, 1.807) is 4.90 Å². The molecule has 0 radical (unpaired) electrons. The lowest BCUT2D eigenvalue weighted by atomic mass is 9.98. The summed E-state index contributed by atoms with van der Waals surface area (Å²) in [6.45, 7) is 6.06. The lowest BCUT2D eigenvalue weighted by Gasteiger charge is -2.39. The number of fused-ring (bicyclic) bond motifs is 2. The van der Waals surface area contributed by atoms with Gasteiger partial charge in [-0.25, -0.2) is 0 Å². The van der Waals surface area contributed by atoms with Crippen LogP contribution in [0.25, 0.3) is 0 Å². The molecule has 2 aliphatic heterocycles. The molecule has 4 rings (SSSR count). The molecule has 2 aliphatic rings. The minimum absolute atomic E-state index is 0.0560. The summed E-state index contributed by atoms with van der Waals surface area (Å²) in [7, 11) is 5.96. The van der Waals surface area contributed by atoms with E-state index in [2.05, 4.69) is 24.9 Å². The van der Waals surface area contributed by atoms with E-state index >= 15 is 0 Å². The van der Waals surface area contributed by atoms with Gasteiger partial charge in [-0.2, -0.15) is 0 Å². The van der Waals surface area contributed by atoms with Crippen LogP contribution in [0.3, 0.4) is 0 Å². The van der Waals surface area contributed by atoms with Crippen molar-refractivity contribution in [2.75, 3.05) is 52.5 Å². The predicted octanol–water partition coefficient (Wildman–Crippen LogP) is 2.83. The van der Waals surface area contributed by atoms with Crippen molar-refractivity contribution in [1.82, 2.24) is 9.80 Å². The Balaban J connectivity index is 1.60. The second kappa shape index (κ2) is 10.1. The minimum atomic E-state index is -0.282. The van der Waals surface area contributed by atoms with Gasteiger partial charge in [-0.15, -0.1) is 0 Å². The number of hydrogen-bond acceptors (Lipinski definition) is 7. The molecule has 0 unspecified atom stereocenters. The van der Waals surface area contributed by atoms with Crippen LogP contribution in [0.1, 0.15) is 29.8 Å². The van der Waals surface area contributed by atoms with E-state index in [1.807, 2.05) is 56.3 Å². The van der Waals surface area contributed by atoms with E-state index in [4.69, 9.17) is 14.2 Å². The van der Waals surface area contributed by atoms with E-state index in [0.717, 1.165) is 29.3 Å². The average molecular weight is 470 g/mol. The molecule has 0 aliphatic carbocycles. The molecular weight excluding hydrogens is 434 g/mol. The van der Waals surface area contributed by atoms with Gasteiger partial charge in [-0.1, -0.05) is 19.1 Å².